The highest BCUT2D eigenvalue weighted by Gasteiger charge is 2.38. The van der Waals surface area contributed by atoms with Gasteiger partial charge in [0.2, 0.25) is 5.95 Å². The molecule has 0 radical (unpaired) electrons. The quantitative estimate of drug-likeness (QED) is 0.667. The van der Waals surface area contributed by atoms with E-state index in [-0.39, 0.29) is 24.8 Å². The van der Waals surface area contributed by atoms with E-state index in [0.29, 0.717) is 11.3 Å². The average Bonchev–Trinajstić information content (AvgIpc) is 2.92. The number of rotatable bonds is 2. The molecule has 1 aliphatic rings. The Labute approximate surface area is 107 Å². The van der Waals surface area contributed by atoms with Gasteiger partial charge in [0.05, 0.1) is 24.6 Å². The van der Waals surface area contributed by atoms with Gasteiger partial charge in [0.25, 0.3) is 0 Å². The first-order chi connectivity index (χ1) is 9.10. The standard InChI is InChI=1S/C10H13FN6O2/c11-5-1-4(3-18)19-7(5)6-2-14-9-8(12)15-10(13)16-17(6)9/h2,4-5,7,18H,1,3H2,(H4,12,13,15,16)/t4-,5+,7+/m0/s1. The van der Waals surface area contributed by atoms with Crippen LogP contribution in [0.5, 0.6) is 0 Å². The summed E-state index contributed by atoms with van der Waals surface area (Å²) in [4.78, 5) is 7.82. The molecule has 1 fully saturated rings. The van der Waals surface area contributed by atoms with Crippen molar-refractivity contribution in [1.82, 2.24) is 19.6 Å². The van der Waals surface area contributed by atoms with Crippen LogP contribution in [0.3, 0.4) is 0 Å². The lowest BCUT2D eigenvalue weighted by Crippen LogP contribution is -2.14. The molecule has 9 heteroatoms. The molecule has 0 unspecified atom stereocenters. The van der Waals surface area contributed by atoms with Crippen molar-refractivity contribution < 1.29 is 14.2 Å². The van der Waals surface area contributed by atoms with Gasteiger partial charge in [-0.3, -0.25) is 0 Å². The van der Waals surface area contributed by atoms with Crippen LogP contribution in [0, 0.1) is 0 Å². The lowest BCUT2D eigenvalue weighted by Gasteiger charge is -2.12. The second-order valence-corrected chi connectivity index (χ2v) is 4.39. The summed E-state index contributed by atoms with van der Waals surface area (Å²) < 4.78 is 20.7. The molecule has 8 nitrogen and oxygen atoms in total. The summed E-state index contributed by atoms with van der Waals surface area (Å²) in [6, 6.07) is 0. The summed E-state index contributed by atoms with van der Waals surface area (Å²) in [7, 11) is 0. The Balaban J connectivity index is 2.06. The van der Waals surface area contributed by atoms with Crippen LogP contribution in [0.25, 0.3) is 5.65 Å². The first kappa shape index (κ1) is 12.1. The van der Waals surface area contributed by atoms with Gasteiger partial charge in [-0.15, -0.1) is 5.10 Å². The number of nitrogens with two attached hydrogens (primary N) is 2. The second kappa shape index (κ2) is 4.28. The molecule has 3 rings (SSSR count). The summed E-state index contributed by atoms with van der Waals surface area (Å²) in [5, 5.41) is 13.0. The van der Waals surface area contributed by atoms with E-state index in [2.05, 4.69) is 15.1 Å². The molecule has 1 saturated heterocycles. The number of fused-ring (bicyclic) bond motifs is 1. The highest BCUT2D eigenvalue weighted by Crippen LogP contribution is 2.35. The van der Waals surface area contributed by atoms with E-state index in [1.165, 1.54) is 10.7 Å². The molecule has 102 valence electrons. The predicted octanol–water partition coefficient (Wildman–Crippen LogP) is -0.551. The van der Waals surface area contributed by atoms with E-state index < -0.39 is 18.4 Å². The van der Waals surface area contributed by atoms with Gasteiger partial charge in [0.1, 0.15) is 12.3 Å². The number of hydrogen-bond acceptors (Lipinski definition) is 7. The number of imidazole rings is 1. The monoisotopic (exact) mass is 268 g/mol. The van der Waals surface area contributed by atoms with Gasteiger partial charge in [-0.2, -0.15) is 4.98 Å². The summed E-state index contributed by atoms with van der Waals surface area (Å²) >= 11 is 0. The molecular weight excluding hydrogens is 255 g/mol. The maximum atomic E-state index is 13.9. The van der Waals surface area contributed by atoms with Crippen molar-refractivity contribution in [3.63, 3.8) is 0 Å². The number of alkyl halides is 1. The van der Waals surface area contributed by atoms with E-state index in [0.717, 1.165) is 0 Å². The highest BCUT2D eigenvalue weighted by atomic mass is 19.1. The van der Waals surface area contributed by atoms with E-state index in [4.69, 9.17) is 21.3 Å². The molecule has 0 aromatic carbocycles. The van der Waals surface area contributed by atoms with Crippen molar-refractivity contribution in [2.75, 3.05) is 18.1 Å². The molecule has 1 aliphatic heterocycles. The summed E-state index contributed by atoms with van der Waals surface area (Å²) in [5.41, 5.74) is 11.9. The fraction of sp³-hybridized carbons (Fsp3) is 0.500. The molecule has 0 bridgehead atoms. The molecule has 3 atom stereocenters. The molecule has 3 heterocycles. The van der Waals surface area contributed by atoms with Gasteiger partial charge in [-0.05, 0) is 0 Å². The zero-order valence-corrected chi connectivity index (χ0v) is 9.90. The van der Waals surface area contributed by atoms with Crippen LogP contribution in [0.1, 0.15) is 18.2 Å². The van der Waals surface area contributed by atoms with Gasteiger partial charge in [0.15, 0.2) is 11.5 Å². The van der Waals surface area contributed by atoms with Crippen LogP contribution in [-0.4, -0.2) is 43.6 Å². The lowest BCUT2D eigenvalue weighted by molar-refractivity contribution is -0.00202. The molecule has 2 aromatic heterocycles. The van der Waals surface area contributed by atoms with Crippen molar-refractivity contribution >= 4 is 17.4 Å². The third-order valence-corrected chi connectivity index (χ3v) is 3.08. The van der Waals surface area contributed by atoms with Gasteiger partial charge in [-0.1, -0.05) is 0 Å². The number of ether oxygens (including phenoxy) is 1. The molecule has 0 amide bonds. The molecule has 0 aliphatic carbocycles. The summed E-state index contributed by atoms with van der Waals surface area (Å²) in [6.07, 6.45) is -1.06. The minimum Gasteiger partial charge on any atom is -0.394 e. The van der Waals surface area contributed by atoms with Crippen LogP contribution >= 0.6 is 0 Å². The first-order valence-corrected chi connectivity index (χ1v) is 5.77. The number of anilines is 2. The van der Waals surface area contributed by atoms with Gasteiger partial charge in [-0.25, -0.2) is 13.9 Å². The number of aliphatic hydroxyl groups excluding tert-OH is 1. The molecule has 5 N–H and O–H groups in total. The normalized spacial score (nSPS) is 27.2. The van der Waals surface area contributed by atoms with Crippen LogP contribution in [-0.2, 0) is 4.74 Å². The smallest absolute Gasteiger partial charge is 0.240 e. The van der Waals surface area contributed by atoms with Crippen molar-refractivity contribution in [3.05, 3.63) is 11.9 Å². The largest absolute Gasteiger partial charge is 0.394 e. The Bertz CT molecular complexity index is 617. The Morgan fingerprint density at radius 1 is 1.53 bits per heavy atom. The topological polar surface area (TPSA) is 125 Å². The maximum Gasteiger partial charge on any atom is 0.240 e. The van der Waals surface area contributed by atoms with Crippen molar-refractivity contribution in [3.8, 4) is 0 Å². The minimum atomic E-state index is -1.24. The Morgan fingerprint density at radius 3 is 3.00 bits per heavy atom. The van der Waals surface area contributed by atoms with Gasteiger partial charge < -0.3 is 21.3 Å². The Kier molecular flexibility index (Phi) is 2.72. The highest BCUT2D eigenvalue weighted by molar-refractivity contribution is 5.60. The fourth-order valence-electron chi connectivity index (χ4n) is 2.23. The number of nitrogen functional groups attached to an aromatic ring is 2. The van der Waals surface area contributed by atoms with Crippen LogP contribution in [0.2, 0.25) is 0 Å². The zero-order valence-electron chi connectivity index (χ0n) is 9.90. The van der Waals surface area contributed by atoms with Gasteiger partial charge in [0, 0.05) is 6.42 Å². The SMILES string of the molecule is Nc1nc(N)c2ncc([C@@H]3O[C@H](CO)C[C@H]3F)n2n1. The van der Waals surface area contributed by atoms with Crippen LogP contribution in [0.15, 0.2) is 6.20 Å². The summed E-state index contributed by atoms with van der Waals surface area (Å²) in [6.45, 7) is -0.229. The van der Waals surface area contributed by atoms with Crippen molar-refractivity contribution in [2.24, 2.45) is 0 Å². The Morgan fingerprint density at radius 2 is 2.32 bits per heavy atom. The fourth-order valence-corrected chi connectivity index (χ4v) is 2.23. The third-order valence-electron chi connectivity index (χ3n) is 3.08. The number of halogens is 1. The van der Waals surface area contributed by atoms with Crippen LogP contribution < -0.4 is 11.5 Å². The number of aliphatic hydroxyl groups is 1. The lowest BCUT2D eigenvalue weighted by atomic mass is 10.1. The number of nitrogens with zero attached hydrogens (tertiary/aromatic N) is 4. The third kappa shape index (κ3) is 1.87. The summed E-state index contributed by atoms with van der Waals surface area (Å²) in [5.74, 6) is 0.0854. The second-order valence-electron chi connectivity index (χ2n) is 4.39. The molecule has 2 aromatic rings. The van der Waals surface area contributed by atoms with E-state index in [9.17, 15) is 4.39 Å². The zero-order chi connectivity index (χ0) is 13.6. The predicted molar refractivity (Wildman–Crippen MR) is 63.8 cm³/mol. The maximum absolute atomic E-state index is 13.9. The first-order valence-electron chi connectivity index (χ1n) is 5.77. The molecular formula is C10H13FN6O2. The minimum absolute atomic E-state index is 0.0311. The van der Waals surface area contributed by atoms with Gasteiger partial charge >= 0.3 is 0 Å². The van der Waals surface area contributed by atoms with Crippen molar-refractivity contribution in [1.29, 1.82) is 0 Å². The number of hydrogen-bond donors (Lipinski definition) is 3. The van der Waals surface area contributed by atoms with E-state index in [1.54, 1.807) is 0 Å². The van der Waals surface area contributed by atoms with Crippen LogP contribution in [0.4, 0.5) is 16.2 Å². The van der Waals surface area contributed by atoms with E-state index in [1.807, 2.05) is 0 Å². The molecule has 19 heavy (non-hydrogen) atoms. The Hall–Kier alpha value is -2.00. The van der Waals surface area contributed by atoms with Crippen molar-refractivity contribution in [2.45, 2.75) is 24.8 Å². The average molecular weight is 268 g/mol. The molecule has 0 spiro atoms. The molecule has 0 saturated carbocycles. The number of aromatic nitrogens is 4. The van der Waals surface area contributed by atoms with E-state index >= 15 is 0 Å².